The van der Waals surface area contributed by atoms with Crippen molar-refractivity contribution >= 4 is 34.9 Å². The zero-order valence-corrected chi connectivity index (χ0v) is 21.1. The number of benzene rings is 2. The molecule has 1 heterocycles. The van der Waals surface area contributed by atoms with Crippen molar-refractivity contribution in [3.8, 4) is 11.5 Å². The van der Waals surface area contributed by atoms with E-state index in [1.165, 1.54) is 12.7 Å². The van der Waals surface area contributed by atoms with E-state index in [-0.39, 0.29) is 36.7 Å². The molecule has 1 aliphatic rings. The highest BCUT2D eigenvalue weighted by Crippen LogP contribution is 2.34. The van der Waals surface area contributed by atoms with Crippen LogP contribution in [-0.4, -0.2) is 73.8 Å². The fourth-order valence-electron chi connectivity index (χ4n) is 3.63. The lowest BCUT2D eigenvalue weighted by molar-refractivity contribution is -0.124. The van der Waals surface area contributed by atoms with Crippen molar-refractivity contribution in [2.45, 2.75) is 13.3 Å². The molecule has 9 heteroatoms. The van der Waals surface area contributed by atoms with Crippen LogP contribution < -0.4 is 14.8 Å². The van der Waals surface area contributed by atoms with Gasteiger partial charge in [0, 0.05) is 19.6 Å². The molecule has 0 aliphatic carbocycles. The maximum absolute atomic E-state index is 12.8. The van der Waals surface area contributed by atoms with Crippen molar-refractivity contribution in [1.82, 2.24) is 15.1 Å². The van der Waals surface area contributed by atoms with Gasteiger partial charge in [-0.15, -0.1) is 0 Å². The van der Waals surface area contributed by atoms with Gasteiger partial charge in [-0.25, -0.2) is 0 Å². The van der Waals surface area contributed by atoms with Gasteiger partial charge >= 0.3 is 0 Å². The smallest absolute Gasteiger partial charge is 0.293 e. The molecule has 0 spiro atoms. The lowest BCUT2D eigenvalue weighted by Gasteiger charge is -2.20. The SMILES string of the molecule is CCN(CCc1ccccc1)CC(=O)NCCN1C(=O)S/C(=C\c2ccc(OC)c(OC)c2)C1=O. The van der Waals surface area contributed by atoms with Crippen LogP contribution in [0.25, 0.3) is 6.08 Å². The number of carbonyl (C=O) groups excluding carboxylic acids is 3. The number of thioether (sulfide) groups is 1. The maximum atomic E-state index is 12.8. The first-order valence-corrected chi connectivity index (χ1v) is 12.3. The summed E-state index contributed by atoms with van der Waals surface area (Å²) in [5.74, 6) is 0.609. The van der Waals surface area contributed by atoms with Crippen molar-refractivity contribution in [2.24, 2.45) is 0 Å². The zero-order chi connectivity index (χ0) is 25.2. The van der Waals surface area contributed by atoms with E-state index in [0.717, 1.165) is 41.7 Å². The molecule has 35 heavy (non-hydrogen) atoms. The first kappa shape index (κ1) is 26.3. The lowest BCUT2D eigenvalue weighted by atomic mass is 10.1. The fourth-order valence-corrected chi connectivity index (χ4v) is 4.50. The molecule has 1 N–H and O–H groups in total. The Morgan fingerprint density at radius 3 is 2.51 bits per heavy atom. The molecular weight excluding hydrogens is 466 g/mol. The lowest BCUT2D eigenvalue weighted by Crippen LogP contribution is -2.42. The van der Waals surface area contributed by atoms with Gasteiger partial charge in [0.1, 0.15) is 0 Å². The summed E-state index contributed by atoms with van der Waals surface area (Å²) in [5.41, 5.74) is 1.95. The predicted octanol–water partition coefficient (Wildman–Crippen LogP) is 3.42. The minimum Gasteiger partial charge on any atom is -0.493 e. The van der Waals surface area contributed by atoms with Gasteiger partial charge < -0.3 is 14.8 Å². The molecule has 0 atom stereocenters. The van der Waals surface area contributed by atoms with Crippen molar-refractivity contribution < 1.29 is 23.9 Å². The minimum atomic E-state index is -0.373. The molecule has 8 nitrogen and oxygen atoms in total. The van der Waals surface area contributed by atoms with Crippen LogP contribution in [0, 0.1) is 0 Å². The number of rotatable bonds is 12. The predicted molar refractivity (Wildman–Crippen MR) is 137 cm³/mol. The van der Waals surface area contributed by atoms with Crippen molar-refractivity contribution in [3.05, 3.63) is 64.6 Å². The van der Waals surface area contributed by atoms with E-state index < -0.39 is 0 Å². The third-order valence-electron chi connectivity index (χ3n) is 5.61. The fraction of sp³-hybridized carbons (Fsp3) is 0.346. The molecule has 1 fully saturated rings. The molecule has 3 amide bonds. The Kier molecular flexibility index (Phi) is 9.75. The Labute approximate surface area is 210 Å². The van der Waals surface area contributed by atoms with Crippen LogP contribution in [0.2, 0.25) is 0 Å². The molecule has 186 valence electrons. The number of imide groups is 1. The second kappa shape index (κ2) is 13.0. The summed E-state index contributed by atoms with van der Waals surface area (Å²) in [5, 5.41) is 2.47. The first-order valence-electron chi connectivity index (χ1n) is 11.5. The number of likely N-dealkylation sites (N-methyl/N-ethyl adjacent to an activating group) is 1. The van der Waals surface area contributed by atoms with E-state index in [4.69, 9.17) is 9.47 Å². The molecule has 2 aromatic rings. The molecule has 1 aliphatic heterocycles. The number of nitrogens with one attached hydrogen (secondary N) is 1. The molecule has 0 unspecified atom stereocenters. The van der Waals surface area contributed by atoms with Gasteiger partial charge in [-0.3, -0.25) is 24.2 Å². The van der Waals surface area contributed by atoms with E-state index in [2.05, 4.69) is 22.3 Å². The van der Waals surface area contributed by atoms with Crippen LogP contribution >= 0.6 is 11.8 Å². The summed E-state index contributed by atoms with van der Waals surface area (Å²) >= 11 is 0.883. The standard InChI is InChI=1S/C26H31N3O5S/c1-4-28(14-12-19-8-6-5-7-9-19)18-24(30)27-13-15-29-25(31)23(35-26(29)32)17-20-10-11-21(33-2)22(16-20)34-3/h5-11,16-17H,4,12-15,18H2,1-3H3,(H,27,30)/b23-17-. The zero-order valence-electron chi connectivity index (χ0n) is 20.3. The van der Waals surface area contributed by atoms with Gasteiger partial charge in [0.05, 0.1) is 25.7 Å². The quantitative estimate of drug-likeness (QED) is 0.450. The van der Waals surface area contributed by atoms with E-state index in [1.54, 1.807) is 31.4 Å². The van der Waals surface area contributed by atoms with Crippen molar-refractivity contribution in [3.63, 3.8) is 0 Å². The normalized spacial score (nSPS) is 14.6. The summed E-state index contributed by atoms with van der Waals surface area (Å²) in [7, 11) is 3.08. The molecule has 0 bridgehead atoms. The third kappa shape index (κ3) is 7.34. The topological polar surface area (TPSA) is 88.2 Å². The van der Waals surface area contributed by atoms with E-state index in [0.29, 0.717) is 16.4 Å². The largest absolute Gasteiger partial charge is 0.493 e. The van der Waals surface area contributed by atoms with Gasteiger partial charge in [0.15, 0.2) is 11.5 Å². The Morgan fingerprint density at radius 1 is 1.09 bits per heavy atom. The second-order valence-electron chi connectivity index (χ2n) is 7.90. The summed E-state index contributed by atoms with van der Waals surface area (Å²) in [6, 6.07) is 15.4. The molecule has 0 aromatic heterocycles. The van der Waals surface area contributed by atoms with Crippen LogP contribution in [0.5, 0.6) is 11.5 Å². The van der Waals surface area contributed by atoms with Crippen LogP contribution in [0.3, 0.4) is 0 Å². The Balaban J connectivity index is 1.49. The minimum absolute atomic E-state index is 0.121. The average molecular weight is 498 g/mol. The number of carbonyl (C=O) groups is 3. The number of nitrogens with zero attached hydrogens (tertiary/aromatic N) is 2. The molecule has 2 aromatic carbocycles. The molecular formula is C26H31N3O5S. The van der Waals surface area contributed by atoms with Crippen molar-refractivity contribution in [2.75, 3.05) is 46.9 Å². The first-order chi connectivity index (χ1) is 16.9. The monoisotopic (exact) mass is 497 g/mol. The van der Waals surface area contributed by atoms with Crippen LogP contribution in [0.15, 0.2) is 53.4 Å². The third-order valence-corrected chi connectivity index (χ3v) is 6.52. The van der Waals surface area contributed by atoms with Crippen LogP contribution in [0.1, 0.15) is 18.1 Å². The van der Waals surface area contributed by atoms with E-state index in [9.17, 15) is 14.4 Å². The number of ether oxygens (including phenoxy) is 2. The average Bonchev–Trinajstić information content (AvgIpc) is 3.14. The van der Waals surface area contributed by atoms with Crippen molar-refractivity contribution in [1.29, 1.82) is 0 Å². The highest BCUT2D eigenvalue weighted by atomic mass is 32.2. The summed E-state index contributed by atoms with van der Waals surface area (Å²) in [4.78, 5) is 41.1. The van der Waals surface area contributed by atoms with Crippen LogP contribution in [0.4, 0.5) is 4.79 Å². The van der Waals surface area contributed by atoms with Gasteiger partial charge in [0.2, 0.25) is 5.91 Å². The highest BCUT2D eigenvalue weighted by Gasteiger charge is 2.34. The van der Waals surface area contributed by atoms with Gasteiger partial charge in [-0.05, 0) is 54.1 Å². The second-order valence-corrected chi connectivity index (χ2v) is 8.90. The van der Waals surface area contributed by atoms with E-state index in [1.807, 2.05) is 25.1 Å². The molecule has 0 saturated carbocycles. The van der Waals surface area contributed by atoms with Gasteiger partial charge in [0.25, 0.3) is 11.1 Å². The molecule has 1 saturated heterocycles. The highest BCUT2D eigenvalue weighted by molar-refractivity contribution is 8.18. The van der Waals surface area contributed by atoms with Crippen LogP contribution in [-0.2, 0) is 16.0 Å². The molecule has 0 radical (unpaired) electrons. The number of hydrogen-bond acceptors (Lipinski definition) is 7. The molecule has 3 rings (SSSR count). The van der Waals surface area contributed by atoms with Gasteiger partial charge in [-0.2, -0.15) is 0 Å². The Hall–Kier alpha value is -3.30. The number of amides is 3. The number of methoxy groups -OCH3 is 2. The summed E-state index contributed by atoms with van der Waals surface area (Å²) in [6.07, 6.45) is 2.52. The Bertz CT molecular complexity index is 1070. The van der Waals surface area contributed by atoms with E-state index >= 15 is 0 Å². The number of hydrogen-bond donors (Lipinski definition) is 1. The Morgan fingerprint density at radius 2 is 1.83 bits per heavy atom. The summed E-state index contributed by atoms with van der Waals surface area (Å²) in [6.45, 7) is 4.14. The van der Waals surface area contributed by atoms with Gasteiger partial charge in [-0.1, -0.05) is 43.3 Å². The summed E-state index contributed by atoms with van der Waals surface area (Å²) < 4.78 is 10.5. The maximum Gasteiger partial charge on any atom is 0.293 e.